The number of rotatable bonds is 1. The molecule has 0 unspecified atom stereocenters. The molecule has 22 heavy (non-hydrogen) atoms. The number of aryl methyl sites for hydroxylation is 2. The number of nitrogens with zero attached hydrogens (tertiary/aromatic N) is 1. The van der Waals surface area contributed by atoms with Crippen molar-refractivity contribution in [2.24, 2.45) is 0 Å². The molecule has 3 aromatic carbocycles. The summed E-state index contributed by atoms with van der Waals surface area (Å²) in [4.78, 5) is 0. The highest BCUT2D eigenvalue weighted by atomic mass is 16.3. The molecular weight excluding hydrogens is 270 g/mol. The maximum Gasteiger partial charge on any atom is 0.140 e. The third-order valence-electron chi connectivity index (χ3n) is 4.35. The third-order valence-corrected chi connectivity index (χ3v) is 4.35. The topological polar surface area (TPSA) is 25.2 Å². The maximum absolute atomic E-state index is 10.5. The van der Waals surface area contributed by atoms with Gasteiger partial charge in [0.15, 0.2) is 0 Å². The quantitative estimate of drug-likeness (QED) is 0.517. The van der Waals surface area contributed by atoms with Gasteiger partial charge in [-0.3, -0.25) is 0 Å². The Morgan fingerprint density at radius 2 is 1.55 bits per heavy atom. The molecule has 0 spiro atoms. The summed E-state index contributed by atoms with van der Waals surface area (Å²) in [7, 11) is 0. The van der Waals surface area contributed by atoms with E-state index < -0.39 is 0 Å². The van der Waals surface area contributed by atoms with E-state index >= 15 is 0 Å². The summed E-state index contributed by atoms with van der Waals surface area (Å²) in [5, 5.41) is 13.9. The van der Waals surface area contributed by atoms with Crippen LogP contribution in [0.5, 0.6) is 5.75 Å². The minimum Gasteiger partial charge on any atom is -0.506 e. The van der Waals surface area contributed by atoms with Crippen LogP contribution >= 0.6 is 0 Å². The van der Waals surface area contributed by atoms with Gasteiger partial charge in [0.2, 0.25) is 0 Å². The summed E-state index contributed by atoms with van der Waals surface area (Å²) in [5.74, 6) is 0.304. The molecule has 0 saturated heterocycles. The lowest BCUT2D eigenvalue weighted by molar-refractivity contribution is 0.473. The largest absolute Gasteiger partial charge is 0.506 e. The van der Waals surface area contributed by atoms with Crippen molar-refractivity contribution < 1.29 is 5.11 Å². The molecular formula is C20H17NO. The van der Waals surface area contributed by atoms with Gasteiger partial charge in [0, 0.05) is 17.0 Å². The summed E-state index contributed by atoms with van der Waals surface area (Å²) >= 11 is 0. The van der Waals surface area contributed by atoms with Crippen LogP contribution < -0.4 is 0 Å². The number of para-hydroxylation sites is 1. The van der Waals surface area contributed by atoms with E-state index in [0.29, 0.717) is 5.75 Å². The molecule has 0 amide bonds. The van der Waals surface area contributed by atoms with Crippen molar-refractivity contribution in [3.8, 4) is 11.4 Å². The number of hydrogen-bond donors (Lipinski definition) is 1. The van der Waals surface area contributed by atoms with Gasteiger partial charge in [-0.15, -0.1) is 0 Å². The lowest BCUT2D eigenvalue weighted by Crippen LogP contribution is -1.95. The molecule has 4 aromatic rings. The van der Waals surface area contributed by atoms with E-state index in [-0.39, 0.29) is 0 Å². The van der Waals surface area contributed by atoms with Crippen LogP contribution in [0.1, 0.15) is 11.1 Å². The van der Waals surface area contributed by atoms with Crippen LogP contribution in [0, 0.1) is 13.8 Å². The summed E-state index contributed by atoms with van der Waals surface area (Å²) < 4.78 is 2.12. The molecule has 1 heterocycles. The number of hydrogen-bond acceptors (Lipinski definition) is 1. The SMILES string of the molecule is Cc1cn(-c2c(O)ccc3ccccc23)c2c(C)cccc12. The van der Waals surface area contributed by atoms with Crippen LogP contribution in [-0.4, -0.2) is 9.67 Å². The van der Waals surface area contributed by atoms with E-state index in [1.165, 1.54) is 16.5 Å². The second-order valence-electron chi connectivity index (χ2n) is 5.81. The fourth-order valence-electron chi connectivity index (χ4n) is 3.30. The first kappa shape index (κ1) is 13.0. The van der Waals surface area contributed by atoms with Gasteiger partial charge in [0.05, 0.1) is 11.2 Å². The molecule has 0 bridgehead atoms. The fraction of sp³-hybridized carbons (Fsp3) is 0.100. The lowest BCUT2D eigenvalue weighted by Gasteiger charge is -2.13. The Labute approximate surface area is 129 Å². The van der Waals surface area contributed by atoms with E-state index in [0.717, 1.165) is 22.0 Å². The molecule has 0 aliphatic heterocycles. The Kier molecular flexibility index (Phi) is 2.73. The molecule has 0 atom stereocenters. The van der Waals surface area contributed by atoms with Gasteiger partial charge in [-0.25, -0.2) is 0 Å². The highest BCUT2D eigenvalue weighted by Crippen LogP contribution is 2.35. The molecule has 0 saturated carbocycles. The van der Waals surface area contributed by atoms with Crippen molar-refractivity contribution in [1.82, 2.24) is 4.57 Å². The number of phenolic OH excluding ortho intramolecular Hbond substituents is 1. The third kappa shape index (κ3) is 1.74. The van der Waals surface area contributed by atoms with Gasteiger partial charge < -0.3 is 9.67 Å². The molecule has 0 aliphatic carbocycles. The van der Waals surface area contributed by atoms with E-state index in [2.05, 4.69) is 54.9 Å². The lowest BCUT2D eigenvalue weighted by atomic mass is 10.1. The van der Waals surface area contributed by atoms with Crippen molar-refractivity contribution in [3.63, 3.8) is 0 Å². The molecule has 4 rings (SSSR count). The Bertz CT molecular complexity index is 1010. The zero-order valence-corrected chi connectivity index (χ0v) is 12.7. The Balaban J connectivity index is 2.19. The standard InChI is InChI=1S/C20H17NO/c1-13-6-5-9-16-14(2)12-21(19(13)16)20-17-8-4-3-7-15(17)10-11-18(20)22/h3-12,22H,1-2H3. The Morgan fingerprint density at radius 3 is 2.41 bits per heavy atom. The predicted octanol–water partition coefficient (Wildman–Crippen LogP) is 5.11. The number of phenols is 1. The summed E-state index contributed by atoms with van der Waals surface area (Å²) in [6.45, 7) is 4.22. The number of benzene rings is 3. The normalized spacial score (nSPS) is 11.4. The first-order chi connectivity index (χ1) is 10.7. The van der Waals surface area contributed by atoms with E-state index in [9.17, 15) is 5.11 Å². The zero-order valence-electron chi connectivity index (χ0n) is 12.7. The maximum atomic E-state index is 10.5. The molecule has 0 aliphatic rings. The second-order valence-corrected chi connectivity index (χ2v) is 5.81. The number of aromatic nitrogens is 1. The fourth-order valence-corrected chi connectivity index (χ4v) is 3.30. The van der Waals surface area contributed by atoms with Crippen molar-refractivity contribution in [2.75, 3.05) is 0 Å². The highest BCUT2D eigenvalue weighted by molar-refractivity contribution is 5.96. The van der Waals surface area contributed by atoms with Crippen LogP contribution in [0.15, 0.2) is 60.8 Å². The predicted molar refractivity (Wildman–Crippen MR) is 91.9 cm³/mol. The minimum atomic E-state index is 0.304. The first-order valence-electron chi connectivity index (χ1n) is 7.45. The first-order valence-corrected chi connectivity index (χ1v) is 7.45. The van der Waals surface area contributed by atoms with Gasteiger partial charge in [0.1, 0.15) is 5.75 Å². The van der Waals surface area contributed by atoms with Crippen molar-refractivity contribution in [1.29, 1.82) is 0 Å². The summed E-state index contributed by atoms with van der Waals surface area (Å²) in [5.41, 5.74) is 4.43. The van der Waals surface area contributed by atoms with Gasteiger partial charge in [-0.1, -0.05) is 48.5 Å². The van der Waals surface area contributed by atoms with Crippen LogP contribution in [0.25, 0.3) is 27.4 Å². The molecule has 1 N–H and O–H groups in total. The summed E-state index contributed by atoms with van der Waals surface area (Å²) in [6, 6.07) is 18.2. The van der Waals surface area contributed by atoms with Gasteiger partial charge >= 0.3 is 0 Å². The highest BCUT2D eigenvalue weighted by Gasteiger charge is 2.14. The van der Waals surface area contributed by atoms with E-state index in [1.807, 2.05) is 18.2 Å². The monoisotopic (exact) mass is 287 g/mol. The Hall–Kier alpha value is -2.74. The summed E-state index contributed by atoms with van der Waals surface area (Å²) in [6.07, 6.45) is 2.11. The van der Waals surface area contributed by atoms with Crippen molar-refractivity contribution >= 4 is 21.7 Å². The Morgan fingerprint density at radius 1 is 0.773 bits per heavy atom. The average Bonchev–Trinajstić information content (AvgIpc) is 2.85. The second kappa shape index (κ2) is 4.63. The van der Waals surface area contributed by atoms with Gasteiger partial charge in [0.25, 0.3) is 0 Å². The minimum absolute atomic E-state index is 0.304. The van der Waals surface area contributed by atoms with Crippen LogP contribution in [0.4, 0.5) is 0 Å². The molecule has 2 nitrogen and oxygen atoms in total. The van der Waals surface area contributed by atoms with E-state index in [4.69, 9.17) is 0 Å². The number of fused-ring (bicyclic) bond motifs is 2. The smallest absolute Gasteiger partial charge is 0.140 e. The molecule has 2 heteroatoms. The van der Waals surface area contributed by atoms with Crippen LogP contribution in [0.3, 0.4) is 0 Å². The van der Waals surface area contributed by atoms with Crippen LogP contribution in [-0.2, 0) is 0 Å². The van der Waals surface area contributed by atoms with Gasteiger partial charge in [-0.05, 0) is 36.4 Å². The molecule has 108 valence electrons. The van der Waals surface area contributed by atoms with E-state index in [1.54, 1.807) is 6.07 Å². The average molecular weight is 287 g/mol. The van der Waals surface area contributed by atoms with Crippen molar-refractivity contribution in [3.05, 3.63) is 71.9 Å². The van der Waals surface area contributed by atoms with Crippen LogP contribution in [0.2, 0.25) is 0 Å². The zero-order chi connectivity index (χ0) is 15.3. The molecule has 0 radical (unpaired) electrons. The number of aromatic hydroxyl groups is 1. The molecule has 1 aromatic heterocycles. The van der Waals surface area contributed by atoms with Gasteiger partial charge in [-0.2, -0.15) is 0 Å². The molecule has 0 fully saturated rings. The van der Waals surface area contributed by atoms with Crippen molar-refractivity contribution in [2.45, 2.75) is 13.8 Å².